The summed E-state index contributed by atoms with van der Waals surface area (Å²) < 4.78 is 2.07. The zero-order valence-electron chi connectivity index (χ0n) is 18.7. The molecule has 0 fully saturated rings. The Balaban J connectivity index is 1.79. The van der Waals surface area contributed by atoms with E-state index >= 15 is 0 Å². The number of nitrogens with zero attached hydrogens (tertiary/aromatic N) is 4. The summed E-state index contributed by atoms with van der Waals surface area (Å²) in [7, 11) is 0. The third-order valence-electron chi connectivity index (χ3n) is 5.39. The first kappa shape index (κ1) is 22.7. The fraction of sp³-hybridized carbons (Fsp3) is 0.440. The summed E-state index contributed by atoms with van der Waals surface area (Å²) in [5, 5.41) is 14.2. The van der Waals surface area contributed by atoms with Gasteiger partial charge in [0.2, 0.25) is 0 Å². The molecule has 1 aromatic carbocycles. The van der Waals surface area contributed by atoms with Crippen LogP contribution in [0, 0.1) is 5.92 Å². The van der Waals surface area contributed by atoms with Crippen molar-refractivity contribution < 1.29 is 9.90 Å². The van der Waals surface area contributed by atoms with Gasteiger partial charge in [0.1, 0.15) is 5.82 Å². The van der Waals surface area contributed by atoms with Crippen LogP contribution in [0.2, 0.25) is 0 Å². The maximum absolute atomic E-state index is 11.5. The third kappa shape index (κ3) is 6.23. The minimum Gasteiger partial charge on any atom is -0.478 e. The summed E-state index contributed by atoms with van der Waals surface area (Å²) in [6, 6.07) is 9.51. The fourth-order valence-corrected chi connectivity index (χ4v) is 3.57. The van der Waals surface area contributed by atoms with Crippen LogP contribution in [0.4, 0.5) is 0 Å². The van der Waals surface area contributed by atoms with Gasteiger partial charge in [-0.25, -0.2) is 14.5 Å². The Hall–Kier alpha value is -3.02. The quantitative estimate of drug-likeness (QED) is 0.420. The number of pyridine rings is 1. The van der Waals surface area contributed by atoms with Gasteiger partial charge in [-0.2, -0.15) is 5.10 Å². The standard InChI is InChI=1S/C25H32N4O2/c1-4-5-6-15-29-24(27-23(28-29)12-7-18(2)3)16-19-8-10-20(11-9-19)22-17-26-14-13-21(22)25(30)31/h8-11,13-14,17-18H,4-7,12,15-16H2,1-3H3,(H,30,31). The molecule has 164 valence electrons. The highest BCUT2D eigenvalue weighted by Crippen LogP contribution is 2.24. The third-order valence-corrected chi connectivity index (χ3v) is 5.39. The van der Waals surface area contributed by atoms with Crippen LogP contribution in [0.25, 0.3) is 11.1 Å². The predicted molar refractivity (Wildman–Crippen MR) is 122 cm³/mol. The molecule has 0 atom stereocenters. The molecule has 0 unspecified atom stereocenters. The molecule has 0 aliphatic carbocycles. The zero-order chi connectivity index (χ0) is 22.2. The Morgan fingerprint density at radius 2 is 1.90 bits per heavy atom. The minimum absolute atomic E-state index is 0.258. The molecule has 0 spiro atoms. The van der Waals surface area contributed by atoms with Crippen molar-refractivity contribution in [1.82, 2.24) is 19.7 Å². The van der Waals surface area contributed by atoms with Gasteiger partial charge in [0, 0.05) is 37.3 Å². The van der Waals surface area contributed by atoms with E-state index in [0.717, 1.165) is 48.6 Å². The molecule has 2 aromatic heterocycles. The monoisotopic (exact) mass is 420 g/mol. The second-order valence-corrected chi connectivity index (χ2v) is 8.41. The molecular weight excluding hydrogens is 388 g/mol. The molecule has 1 N–H and O–H groups in total. The topological polar surface area (TPSA) is 80.9 Å². The van der Waals surface area contributed by atoms with Gasteiger partial charge in [0.25, 0.3) is 0 Å². The molecule has 6 nitrogen and oxygen atoms in total. The summed E-state index contributed by atoms with van der Waals surface area (Å²) in [6.45, 7) is 7.54. The van der Waals surface area contributed by atoms with Crippen LogP contribution >= 0.6 is 0 Å². The maximum Gasteiger partial charge on any atom is 0.336 e. The first-order chi connectivity index (χ1) is 15.0. The molecule has 0 bridgehead atoms. The van der Waals surface area contributed by atoms with Crippen molar-refractivity contribution in [3.05, 3.63) is 65.5 Å². The number of hydrogen-bond donors (Lipinski definition) is 1. The molecule has 0 saturated carbocycles. The Labute approximate surface area is 184 Å². The Morgan fingerprint density at radius 3 is 2.58 bits per heavy atom. The summed E-state index contributed by atoms with van der Waals surface area (Å²) in [5.74, 6) is 1.61. The van der Waals surface area contributed by atoms with Crippen LogP contribution in [0.3, 0.4) is 0 Å². The van der Waals surface area contributed by atoms with E-state index in [1.807, 2.05) is 24.3 Å². The van der Waals surface area contributed by atoms with E-state index in [1.165, 1.54) is 25.1 Å². The highest BCUT2D eigenvalue weighted by molar-refractivity contribution is 5.95. The largest absolute Gasteiger partial charge is 0.478 e. The lowest BCUT2D eigenvalue weighted by molar-refractivity contribution is 0.0697. The van der Waals surface area contributed by atoms with Crippen LogP contribution < -0.4 is 0 Å². The number of hydrogen-bond acceptors (Lipinski definition) is 4. The summed E-state index contributed by atoms with van der Waals surface area (Å²) in [6.07, 6.45) is 9.28. The van der Waals surface area contributed by atoms with Crippen LogP contribution in [-0.4, -0.2) is 30.8 Å². The molecule has 3 rings (SSSR count). The number of aromatic carboxylic acids is 1. The maximum atomic E-state index is 11.5. The normalized spacial score (nSPS) is 11.2. The van der Waals surface area contributed by atoms with Crippen LogP contribution in [0.15, 0.2) is 42.7 Å². The van der Waals surface area contributed by atoms with Crippen molar-refractivity contribution in [3.8, 4) is 11.1 Å². The van der Waals surface area contributed by atoms with E-state index in [-0.39, 0.29) is 5.56 Å². The van der Waals surface area contributed by atoms with E-state index < -0.39 is 5.97 Å². The average Bonchev–Trinajstić information content (AvgIpc) is 3.14. The molecular formula is C25H32N4O2. The fourth-order valence-electron chi connectivity index (χ4n) is 3.57. The number of carboxylic acid groups (broad SMARTS) is 1. The van der Waals surface area contributed by atoms with E-state index in [0.29, 0.717) is 17.9 Å². The zero-order valence-corrected chi connectivity index (χ0v) is 18.7. The van der Waals surface area contributed by atoms with Gasteiger partial charge in [0.05, 0.1) is 5.56 Å². The first-order valence-corrected chi connectivity index (χ1v) is 11.2. The highest BCUT2D eigenvalue weighted by Gasteiger charge is 2.13. The van der Waals surface area contributed by atoms with Gasteiger partial charge in [-0.1, -0.05) is 57.9 Å². The van der Waals surface area contributed by atoms with Crippen molar-refractivity contribution in [2.24, 2.45) is 5.92 Å². The second-order valence-electron chi connectivity index (χ2n) is 8.41. The lowest BCUT2D eigenvalue weighted by atomic mass is 10.00. The van der Waals surface area contributed by atoms with Crippen molar-refractivity contribution in [2.75, 3.05) is 0 Å². The lowest BCUT2D eigenvalue weighted by Gasteiger charge is -2.08. The van der Waals surface area contributed by atoms with Gasteiger partial charge in [-0.3, -0.25) is 4.98 Å². The summed E-state index contributed by atoms with van der Waals surface area (Å²) in [5.41, 5.74) is 2.86. The first-order valence-electron chi connectivity index (χ1n) is 11.2. The number of rotatable bonds is 11. The van der Waals surface area contributed by atoms with Crippen LogP contribution in [-0.2, 0) is 19.4 Å². The van der Waals surface area contributed by atoms with Crippen molar-refractivity contribution in [1.29, 1.82) is 0 Å². The summed E-state index contributed by atoms with van der Waals surface area (Å²) >= 11 is 0. The molecule has 31 heavy (non-hydrogen) atoms. The van der Waals surface area contributed by atoms with E-state index in [1.54, 1.807) is 6.20 Å². The Bertz CT molecular complexity index is 993. The highest BCUT2D eigenvalue weighted by atomic mass is 16.4. The van der Waals surface area contributed by atoms with E-state index in [2.05, 4.69) is 30.4 Å². The number of aryl methyl sites for hydroxylation is 2. The van der Waals surface area contributed by atoms with Crippen LogP contribution in [0.1, 0.15) is 74.0 Å². The molecule has 0 radical (unpaired) electrons. The second kappa shape index (κ2) is 10.8. The number of unbranched alkanes of at least 4 members (excludes halogenated alkanes) is 2. The van der Waals surface area contributed by atoms with Gasteiger partial charge < -0.3 is 5.11 Å². The van der Waals surface area contributed by atoms with E-state index in [4.69, 9.17) is 10.1 Å². The molecule has 0 amide bonds. The summed E-state index contributed by atoms with van der Waals surface area (Å²) in [4.78, 5) is 20.4. The van der Waals surface area contributed by atoms with Crippen molar-refractivity contribution in [2.45, 2.75) is 65.8 Å². The Kier molecular flexibility index (Phi) is 7.93. The molecule has 3 aromatic rings. The molecule has 0 aliphatic heterocycles. The van der Waals surface area contributed by atoms with E-state index in [9.17, 15) is 9.90 Å². The Morgan fingerprint density at radius 1 is 1.13 bits per heavy atom. The smallest absolute Gasteiger partial charge is 0.336 e. The lowest BCUT2D eigenvalue weighted by Crippen LogP contribution is -2.07. The number of benzene rings is 1. The van der Waals surface area contributed by atoms with Crippen molar-refractivity contribution in [3.63, 3.8) is 0 Å². The average molecular weight is 421 g/mol. The molecule has 6 heteroatoms. The van der Waals surface area contributed by atoms with Crippen LogP contribution in [0.5, 0.6) is 0 Å². The minimum atomic E-state index is -0.949. The van der Waals surface area contributed by atoms with Gasteiger partial charge in [-0.05, 0) is 36.0 Å². The SMILES string of the molecule is CCCCCn1nc(CCC(C)C)nc1Cc1ccc(-c2cnccc2C(=O)O)cc1. The van der Waals surface area contributed by atoms with Gasteiger partial charge in [0.15, 0.2) is 5.82 Å². The molecule has 0 saturated heterocycles. The number of carbonyl (C=O) groups is 1. The molecule has 0 aliphatic rings. The predicted octanol–water partition coefficient (Wildman–Crippen LogP) is 5.41. The van der Waals surface area contributed by atoms with Gasteiger partial charge >= 0.3 is 5.97 Å². The molecule has 2 heterocycles. The van der Waals surface area contributed by atoms with Gasteiger partial charge in [-0.15, -0.1) is 0 Å². The van der Waals surface area contributed by atoms with Crippen molar-refractivity contribution >= 4 is 5.97 Å². The number of aromatic nitrogens is 4. The number of carboxylic acids is 1.